The van der Waals surface area contributed by atoms with Gasteiger partial charge in [0, 0.05) is 33.7 Å². The largest absolute Gasteiger partial charge is 0.399 e. The SMILES string of the molecule is CC1(C)c2ccccc2-c2ccc(N(c3ccc(-c4ccccc4)cc3)c3cc(N)cc4c3-c3ccc(N)cc3C43c4ccccc4-c4ccccc43)cc21. The van der Waals surface area contributed by atoms with Crippen LogP contribution in [0, 0.1) is 0 Å². The second-order valence-electron chi connectivity index (χ2n) is 15.8. The van der Waals surface area contributed by atoms with Crippen LogP contribution < -0.4 is 16.4 Å². The van der Waals surface area contributed by atoms with Crippen LogP contribution in [0.25, 0.3) is 44.5 Å². The first-order valence-electron chi connectivity index (χ1n) is 19.1. The second kappa shape index (κ2) is 11.3. The van der Waals surface area contributed by atoms with Gasteiger partial charge in [-0.15, -0.1) is 0 Å². The summed E-state index contributed by atoms with van der Waals surface area (Å²) in [4.78, 5) is 2.43. The van der Waals surface area contributed by atoms with Gasteiger partial charge in [0.1, 0.15) is 0 Å². The maximum absolute atomic E-state index is 7.12. The van der Waals surface area contributed by atoms with Crippen LogP contribution in [0.3, 0.4) is 0 Å². The van der Waals surface area contributed by atoms with Gasteiger partial charge in [0.05, 0.1) is 11.1 Å². The Kier molecular flexibility index (Phi) is 6.53. The van der Waals surface area contributed by atoms with Crippen molar-refractivity contribution in [2.24, 2.45) is 0 Å². The van der Waals surface area contributed by atoms with Crippen LogP contribution in [0.1, 0.15) is 47.2 Å². The van der Waals surface area contributed by atoms with Crippen molar-refractivity contribution in [2.75, 3.05) is 16.4 Å². The molecule has 3 aliphatic carbocycles. The average molecular weight is 706 g/mol. The fourth-order valence-corrected chi connectivity index (χ4v) is 10.1. The predicted molar refractivity (Wildman–Crippen MR) is 229 cm³/mol. The van der Waals surface area contributed by atoms with Crippen molar-refractivity contribution in [3.63, 3.8) is 0 Å². The average Bonchev–Trinajstić information content (AvgIpc) is 3.77. The highest BCUT2D eigenvalue weighted by Crippen LogP contribution is 2.65. The van der Waals surface area contributed by atoms with Crippen LogP contribution in [-0.4, -0.2) is 0 Å². The van der Waals surface area contributed by atoms with Gasteiger partial charge >= 0.3 is 0 Å². The zero-order valence-corrected chi connectivity index (χ0v) is 30.8. The Balaban J connectivity index is 1.21. The number of fused-ring (bicyclic) bond motifs is 13. The van der Waals surface area contributed by atoms with E-state index in [9.17, 15) is 0 Å². The molecule has 0 fully saturated rings. The standard InChI is InChI=1S/C52H39N3/c1-51(2)43-17-9-6-14-38(43)41-27-25-37(31-46(41)51)55(36-23-20-33(21-24-36)32-12-4-3-5-13-32)49-30-35(54)29-48-50(49)42-26-22-34(53)28-47(42)52(48)44-18-10-7-15-39(44)40-16-8-11-19-45(40)52/h3-31H,53-54H2,1-2H3. The smallest absolute Gasteiger partial charge is 0.0727 e. The van der Waals surface area contributed by atoms with Crippen LogP contribution in [0.15, 0.2) is 176 Å². The van der Waals surface area contributed by atoms with Gasteiger partial charge in [-0.2, -0.15) is 0 Å². The van der Waals surface area contributed by atoms with E-state index >= 15 is 0 Å². The number of anilines is 5. The molecule has 0 radical (unpaired) electrons. The molecular formula is C52H39N3. The van der Waals surface area contributed by atoms with E-state index in [0.29, 0.717) is 0 Å². The minimum absolute atomic E-state index is 0.159. The molecule has 55 heavy (non-hydrogen) atoms. The number of hydrogen-bond acceptors (Lipinski definition) is 3. The summed E-state index contributed by atoms with van der Waals surface area (Å²) >= 11 is 0. The molecule has 4 N–H and O–H groups in total. The molecule has 0 amide bonds. The number of nitrogens with zero attached hydrogens (tertiary/aromatic N) is 1. The molecule has 0 aromatic heterocycles. The van der Waals surface area contributed by atoms with Crippen molar-refractivity contribution < 1.29 is 0 Å². The Morgan fingerprint density at radius 3 is 1.60 bits per heavy atom. The molecule has 0 unspecified atom stereocenters. The lowest BCUT2D eigenvalue weighted by Crippen LogP contribution is -2.26. The number of nitrogen functional groups attached to an aromatic ring is 2. The first-order chi connectivity index (χ1) is 26.9. The zero-order valence-electron chi connectivity index (χ0n) is 30.8. The van der Waals surface area contributed by atoms with Crippen LogP contribution in [0.2, 0.25) is 0 Å². The van der Waals surface area contributed by atoms with E-state index in [1.165, 1.54) is 77.9 Å². The molecule has 3 nitrogen and oxygen atoms in total. The van der Waals surface area contributed by atoms with Crippen LogP contribution in [-0.2, 0) is 10.8 Å². The number of hydrogen-bond donors (Lipinski definition) is 2. The van der Waals surface area contributed by atoms with Crippen molar-refractivity contribution in [3.05, 3.63) is 209 Å². The summed E-state index contributed by atoms with van der Waals surface area (Å²) in [6, 6.07) is 63.9. The molecule has 0 bridgehead atoms. The Labute approximate surface area is 322 Å². The molecule has 3 aliphatic rings. The fourth-order valence-electron chi connectivity index (χ4n) is 10.1. The monoisotopic (exact) mass is 705 g/mol. The molecule has 8 aromatic rings. The number of rotatable bonds is 4. The van der Waals surface area contributed by atoms with Crippen molar-refractivity contribution in [1.82, 2.24) is 0 Å². The normalized spacial score (nSPS) is 14.4. The summed E-state index contributed by atoms with van der Waals surface area (Å²) in [5.74, 6) is 0. The van der Waals surface area contributed by atoms with Gasteiger partial charge < -0.3 is 16.4 Å². The van der Waals surface area contributed by atoms with Gasteiger partial charge in [0.25, 0.3) is 0 Å². The molecule has 1 spiro atoms. The zero-order chi connectivity index (χ0) is 37.1. The number of nitrogens with two attached hydrogens (primary N) is 2. The Bertz CT molecular complexity index is 2820. The lowest BCUT2D eigenvalue weighted by atomic mass is 9.70. The lowest BCUT2D eigenvalue weighted by Gasteiger charge is -2.32. The maximum atomic E-state index is 7.12. The predicted octanol–water partition coefficient (Wildman–Crippen LogP) is 12.6. The quantitative estimate of drug-likeness (QED) is 0.179. The first kappa shape index (κ1) is 31.7. The summed E-state index contributed by atoms with van der Waals surface area (Å²) in [6.45, 7) is 4.69. The molecule has 0 saturated carbocycles. The molecule has 8 aromatic carbocycles. The molecule has 0 saturated heterocycles. The Hall–Kier alpha value is -6.84. The molecule has 0 heterocycles. The highest BCUT2D eigenvalue weighted by atomic mass is 15.1. The van der Waals surface area contributed by atoms with Crippen LogP contribution in [0.5, 0.6) is 0 Å². The van der Waals surface area contributed by atoms with E-state index in [1.807, 2.05) is 6.07 Å². The van der Waals surface area contributed by atoms with E-state index in [1.54, 1.807) is 0 Å². The molecule has 262 valence electrons. The van der Waals surface area contributed by atoms with Crippen molar-refractivity contribution in [3.8, 4) is 44.5 Å². The summed E-state index contributed by atoms with van der Waals surface area (Å²) in [7, 11) is 0. The molecular weight excluding hydrogens is 667 g/mol. The third kappa shape index (κ3) is 4.27. The second-order valence-corrected chi connectivity index (χ2v) is 15.8. The van der Waals surface area contributed by atoms with Gasteiger partial charge in [-0.25, -0.2) is 0 Å². The van der Waals surface area contributed by atoms with E-state index in [2.05, 4.69) is 189 Å². The van der Waals surface area contributed by atoms with E-state index in [4.69, 9.17) is 11.5 Å². The third-order valence-corrected chi connectivity index (χ3v) is 12.5. The molecule has 11 rings (SSSR count). The van der Waals surface area contributed by atoms with Crippen molar-refractivity contribution in [1.29, 1.82) is 0 Å². The van der Waals surface area contributed by atoms with E-state index in [0.717, 1.165) is 28.4 Å². The Morgan fingerprint density at radius 2 is 0.909 bits per heavy atom. The van der Waals surface area contributed by atoms with Gasteiger partial charge in [0.2, 0.25) is 0 Å². The van der Waals surface area contributed by atoms with Gasteiger partial charge in [0.15, 0.2) is 0 Å². The molecule has 0 atom stereocenters. The topological polar surface area (TPSA) is 55.3 Å². The summed E-state index contributed by atoms with van der Waals surface area (Å²) in [5.41, 5.74) is 35.1. The van der Waals surface area contributed by atoms with Crippen molar-refractivity contribution in [2.45, 2.75) is 24.7 Å². The van der Waals surface area contributed by atoms with Crippen LogP contribution >= 0.6 is 0 Å². The summed E-state index contributed by atoms with van der Waals surface area (Å²) in [5, 5.41) is 0. The van der Waals surface area contributed by atoms with E-state index in [-0.39, 0.29) is 5.41 Å². The summed E-state index contributed by atoms with van der Waals surface area (Å²) in [6.07, 6.45) is 0. The molecule has 3 heteroatoms. The lowest BCUT2D eigenvalue weighted by molar-refractivity contribution is 0.660. The number of benzene rings is 8. The minimum Gasteiger partial charge on any atom is -0.399 e. The van der Waals surface area contributed by atoms with Crippen LogP contribution in [0.4, 0.5) is 28.4 Å². The maximum Gasteiger partial charge on any atom is 0.0727 e. The minimum atomic E-state index is -0.582. The Morgan fingerprint density at radius 1 is 0.382 bits per heavy atom. The van der Waals surface area contributed by atoms with Gasteiger partial charge in [-0.05, 0) is 121 Å². The summed E-state index contributed by atoms with van der Waals surface area (Å²) < 4.78 is 0. The highest BCUT2D eigenvalue weighted by Gasteiger charge is 2.53. The molecule has 0 aliphatic heterocycles. The third-order valence-electron chi connectivity index (χ3n) is 12.5. The highest BCUT2D eigenvalue weighted by molar-refractivity contribution is 6.03. The fraction of sp³-hybridized carbons (Fsp3) is 0.0769. The first-order valence-corrected chi connectivity index (χ1v) is 19.1. The van der Waals surface area contributed by atoms with E-state index < -0.39 is 5.41 Å². The van der Waals surface area contributed by atoms with Crippen molar-refractivity contribution >= 4 is 28.4 Å². The van der Waals surface area contributed by atoms with Gasteiger partial charge in [-0.1, -0.05) is 141 Å². The van der Waals surface area contributed by atoms with Gasteiger partial charge in [-0.3, -0.25) is 0 Å².